The van der Waals surface area contributed by atoms with E-state index in [-0.39, 0.29) is 12.6 Å². The lowest BCUT2D eigenvalue weighted by Crippen LogP contribution is -2.12. The van der Waals surface area contributed by atoms with E-state index >= 15 is 0 Å². The number of unbranched alkanes of at least 4 members (excludes halogenated alkanes) is 6. The molecule has 3 nitrogen and oxygen atoms in total. The molecule has 1 aromatic rings. The third kappa shape index (κ3) is 8.38. The second-order valence-corrected chi connectivity index (χ2v) is 5.38. The molecule has 1 rings (SSSR count). The maximum absolute atomic E-state index is 11.0. The molecule has 0 N–H and O–H groups in total. The molecular formula is C18H28O3. The monoisotopic (exact) mass is 292 g/mol. The van der Waals surface area contributed by atoms with Crippen molar-refractivity contribution in [2.75, 3.05) is 13.7 Å². The van der Waals surface area contributed by atoms with Gasteiger partial charge in [-0.15, -0.1) is 0 Å². The van der Waals surface area contributed by atoms with E-state index in [0.29, 0.717) is 5.75 Å². The van der Waals surface area contributed by atoms with E-state index in [1.54, 1.807) is 0 Å². The number of carbonyl (C=O) groups is 1. The molecule has 1 aromatic carbocycles. The fourth-order valence-corrected chi connectivity index (χ4v) is 2.24. The summed E-state index contributed by atoms with van der Waals surface area (Å²) in [5.74, 6) is 0.353. The number of benzene rings is 1. The van der Waals surface area contributed by atoms with Crippen LogP contribution in [-0.2, 0) is 16.0 Å². The van der Waals surface area contributed by atoms with Gasteiger partial charge in [0.25, 0.3) is 0 Å². The average molecular weight is 292 g/mol. The van der Waals surface area contributed by atoms with Gasteiger partial charge in [0, 0.05) is 0 Å². The Morgan fingerprint density at radius 2 is 1.57 bits per heavy atom. The lowest BCUT2D eigenvalue weighted by Gasteiger charge is -2.06. The van der Waals surface area contributed by atoms with Crippen LogP contribution in [0.3, 0.4) is 0 Å². The van der Waals surface area contributed by atoms with Gasteiger partial charge in [0.1, 0.15) is 5.75 Å². The van der Waals surface area contributed by atoms with Gasteiger partial charge in [-0.2, -0.15) is 0 Å². The van der Waals surface area contributed by atoms with E-state index in [4.69, 9.17) is 4.74 Å². The summed E-state index contributed by atoms with van der Waals surface area (Å²) in [4.78, 5) is 11.0. The number of methoxy groups -OCH3 is 1. The molecular weight excluding hydrogens is 264 g/mol. The van der Waals surface area contributed by atoms with Gasteiger partial charge in [0.15, 0.2) is 6.61 Å². The second-order valence-electron chi connectivity index (χ2n) is 5.38. The molecule has 0 aliphatic carbocycles. The number of esters is 1. The molecule has 0 bridgehead atoms. The van der Waals surface area contributed by atoms with Crippen molar-refractivity contribution in [3.05, 3.63) is 29.8 Å². The number of ether oxygens (including phenoxy) is 2. The minimum Gasteiger partial charge on any atom is -0.482 e. The highest BCUT2D eigenvalue weighted by molar-refractivity contribution is 5.70. The lowest BCUT2D eigenvalue weighted by atomic mass is 10.0. The molecule has 0 aliphatic heterocycles. The Kier molecular flexibility index (Phi) is 9.34. The molecule has 21 heavy (non-hydrogen) atoms. The minimum atomic E-state index is -0.359. The van der Waals surface area contributed by atoms with Crippen LogP contribution in [0.15, 0.2) is 24.3 Å². The van der Waals surface area contributed by atoms with Gasteiger partial charge in [-0.25, -0.2) is 4.79 Å². The fourth-order valence-electron chi connectivity index (χ4n) is 2.24. The van der Waals surface area contributed by atoms with E-state index in [1.165, 1.54) is 57.6 Å². The number of aryl methyl sites for hydroxylation is 1. The van der Waals surface area contributed by atoms with Gasteiger partial charge in [-0.1, -0.05) is 57.6 Å². The molecule has 3 heteroatoms. The third-order valence-corrected chi connectivity index (χ3v) is 3.58. The molecule has 0 aliphatic rings. The van der Waals surface area contributed by atoms with E-state index in [1.807, 2.05) is 12.1 Å². The van der Waals surface area contributed by atoms with Crippen LogP contribution in [0.25, 0.3) is 0 Å². The average Bonchev–Trinajstić information content (AvgIpc) is 2.52. The zero-order chi connectivity index (χ0) is 15.3. The first kappa shape index (κ1) is 17.5. The summed E-state index contributed by atoms with van der Waals surface area (Å²) in [6.45, 7) is 2.21. The van der Waals surface area contributed by atoms with Crippen molar-refractivity contribution in [3.8, 4) is 5.75 Å². The zero-order valence-electron chi connectivity index (χ0n) is 13.4. The van der Waals surface area contributed by atoms with Crippen LogP contribution >= 0.6 is 0 Å². The predicted molar refractivity (Wildman–Crippen MR) is 85.7 cm³/mol. The van der Waals surface area contributed by atoms with Gasteiger partial charge >= 0.3 is 5.97 Å². The summed E-state index contributed by atoms with van der Waals surface area (Å²) in [6.07, 6.45) is 10.4. The van der Waals surface area contributed by atoms with E-state index in [2.05, 4.69) is 23.8 Å². The smallest absolute Gasteiger partial charge is 0.343 e. The summed E-state index contributed by atoms with van der Waals surface area (Å²) in [5.41, 5.74) is 1.33. The van der Waals surface area contributed by atoms with Crippen LogP contribution in [0.5, 0.6) is 5.75 Å². The van der Waals surface area contributed by atoms with Crippen LogP contribution < -0.4 is 4.74 Å². The topological polar surface area (TPSA) is 35.5 Å². The van der Waals surface area contributed by atoms with Crippen molar-refractivity contribution in [2.24, 2.45) is 0 Å². The van der Waals surface area contributed by atoms with Crippen molar-refractivity contribution in [1.82, 2.24) is 0 Å². The van der Waals surface area contributed by atoms with E-state index in [0.717, 1.165) is 6.42 Å². The molecule has 118 valence electrons. The summed E-state index contributed by atoms with van der Waals surface area (Å²) in [5, 5.41) is 0. The number of hydrogen-bond acceptors (Lipinski definition) is 3. The normalized spacial score (nSPS) is 10.4. The molecule has 0 heterocycles. The van der Waals surface area contributed by atoms with Gasteiger partial charge in [-0.05, 0) is 30.5 Å². The molecule has 0 saturated heterocycles. The molecule has 0 aromatic heterocycles. The van der Waals surface area contributed by atoms with Crippen LogP contribution in [0.1, 0.15) is 57.4 Å². The Morgan fingerprint density at radius 1 is 0.952 bits per heavy atom. The van der Waals surface area contributed by atoms with Crippen LogP contribution in [0.4, 0.5) is 0 Å². The second kappa shape index (κ2) is 11.2. The van der Waals surface area contributed by atoms with Crippen molar-refractivity contribution in [3.63, 3.8) is 0 Å². The van der Waals surface area contributed by atoms with Gasteiger partial charge < -0.3 is 9.47 Å². The molecule has 0 unspecified atom stereocenters. The maximum atomic E-state index is 11.0. The highest BCUT2D eigenvalue weighted by Crippen LogP contribution is 2.15. The van der Waals surface area contributed by atoms with Crippen LogP contribution in [0.2, 0.25) is 0 Å². The predicted octanol–water partition coefficient (Wildman–Crippen LogP) is 4.53. The van der Waals surface area contributed by atoms with Gasteiger partial charge in [0.05, 0.1) is 7.11 Å². The summed E-state index contributed by atoms with van der Waals surface area (Å²) < 4.78 is 9.85. The van der Waals surface area contributed by atoms with Crippen LogP contribution in [-0.4, -0.2) is 19.7 Å². The number of hydrogen-bond donors (Lipinski definition) is 0. The summed E-state index contributed by atoms with van der Waals surface area (Å²) in [7, 11) is 1.36. The first-order chi connectivity index (χ1) is 10.3. The first-order valence-corrected chi connectivity index (χ1v) is 8.04. The maximum Gasteiger partial charge on any atom is 0.343 e. The van der Waals surface area contributed by atoms with E-state index in [9.17, 15) is 4.79 Å². The number of rotatable bonds is 11. The Hall–Kier alpha value is -1.51. The minimum absolute atomic E-state index is 0.0341. The van der Waals surface area contributed by atoms with Crippen molar-refractivity contribution in [2.45, 2.75) is 58.3 Å². The van der Waals surface area contributed by atoms with Gasteiger partial charge in [0.2, 0.25) is 0 Å². The van der Waals surface area contributed by atoms with Crippen molar-refractivity contribution in [1.29, 1.82) is 0 Å². The van der Waals surface area contributed by atoms with E-state index < -0.39 is 0 Å². The summed E-state index contributed by atoms with van der Waals surface area (Å²) in [6, 6.07) is 7.98. The largest absolute Gasteiger partial charge is 0.482 e. The number of carbonyl (C=O) groups excluding carboxylic acids is 1. The first-order valence-electron chi connectivity index (χ1n) is 8.04. The fraction of sp³-hybridized carbons (Fsp3) is 0.611. The van der Waals surface area contributed by atoms with Crippen molar-refractivity contribution < 1.29 is 14.3 Å². The molecule has 0 spiro atoms. The van der Waals surface area contributed by atoms with Crippen LogP contribution in [0, 0.1) is 0 Å². The molecule has 0 radical (unpaired) electrons. The highest BCUT2D eigenvalue weighted by Gasteiger charge is 2.01. The summed E-state index contributed by atoms with van der Waals surface area (Å²) >= 11 is 0. The quantitative estimate of drug-likeness (QED) is 0.444. The Bertz CT molecular complexity index is 384. The highest BCUT2D eigenvalue weighted by atomic mass is 16.6. The zero-order valence-corrected chi connectivity index (χ0v) is 13.4. The lowest BCUT2D eigenvalue weighted by molar-refractivity contribution is -0.142. The Labute approximate surface area is 128 Å². The van der Waals surface area contributed by atoms with Gasteiger partial charge in [-0.3, -0.25) is 0 Å². The standard InChI is InChI=1S/C18H28O3/c1-3-4-5-6-7-8-9-10-16-11-13-17(14-12-16)21-15-18(19)20-2/h11-14H,3-10,15H2,1-2H3. The molecule has 0 saturated carbocycles. The molecule has 0 atom stereocenters. The SMILES string of the molecule is CCCCCCCCCc1ccc(OCC(=O)OC)cc1. The molecule has 0 fully saturated rings. The van der Waals surface area contributed by atoms with Crippen molar-refractivity contribution >= 4 is 5.97 Å². The molecule has 0 amide bonds. The Morgan fingerprint density at radius 3 is 2.19 bits per heavy atom. The third-order valence-electron chi connectivity index (χ3n) is 3.58. The Balaban J connectivity index is 2.14.